The summed E-state index contributed by atoms with van der Waals surface area (Å²) in [7, 11) is 0. The van der Waals surface area contributed by atoms with Crippen molar-refractivity contribution in [2.75, 3.05) is 0 Å². The van der Waals surface area contributed by atoms with Crippen LogP contribution in [0.25, 0.3) is 0 Å². The van der Waals surface area contributed by atoms with E-state index < -0.39 is 0 Å². The van der Waals surface area contributed by atoms with Crippen molar-refractivity contribution < 1.29 is 0 Å². The highest BCUT2D eigenvalue weighted by Crippen LogP contribution is 2.17. The molecule has 0 radical (unpaired) electrons. The van der Waals surface area contributed by atoms with Gasteiger partial charge in [-0.3, -0.25) is 0 Å². The van der Waals surface area contributed by atoms with Gasteiger partial charge >= 0.3 is 0 Å². The molecule has 0 aromatic heterocycles. The van der Waals surface area contributed by atoms with Gasteiger partial charge in [0.2, 0.25) is 0 Å². The normalized spacial score (nSPS) is 10.6. The van der Waals surface area contributed by atoms with E-state index in [0.717, 1.165) is 12.0 Å². The molecule has 0 nitrogen and oxygen atoms in total. The van der Waals surface area contributed by atoms with Crippen molar-refractivity contribution in [2.45, 2.75) is 34.1 Å². The summed E-state index contributed by atoms with van der Waals surface area (Å²) in [4.78, 5) is 0. The van der Waals surface area contributed by atoms with Gasteiger partial charge < -0.3 is 0 Å². The summed E-state index contributed by atoms with van der Waals surface area (Å²) in [6.07, 6.45) is 1.09. The van der Waals surface area contributed by atoms with Crippen LogP contribution in [0.4, 0.5) is 0 Å². The topological polar surface area (TPSA) is 0 Å². The van der Waals surface area contributed by atoms with Gasteiger partial charge in [0.25, 0.3) is 0 Å². The Balaban J connectivity index is 2.88. The van der Waals surface area contributed by atoms with Gasteiger partial charge in [-0.25, -0.2) is 0 Å². The first kappa shape index (κ1) is 10.9. The Bertz CT molecular complexity index is 361. The zero-order valence-corrected chi connectivity index (χ0v) is 9.52. The van der Waals surface area contributed by atoms with Crippen LogP contribution in [0.2, 0.25) is 0 Å². The lowest BCUT2D eigenvalue weighted by molar-refractivity contribution is 0.484. The first-order valence-electron chi connectivity index (χ1n) is 5.13. The van der Waals surface area contributed by atoms with Crippen molar-refractivity contribution in [1.82, 2.24) is 0 Å². The quantitative estimate of drug-likeness (QED) is 0.585. The maximum atomic E-state index is 3.30. The van der Waals surface area contributed by atoms with Crippen LogP contribution in [0.3, 0.4) is 0 Å². The predicted octanol–water partition coefficient (Wildman–Crippen LogP) is 3.78. The highest BCUT2D eigenvalue weighted by Gasteiger charge is 2.09. The zero-order chi connectivity index (χ0) is 10.6. The third-order valence-corrected chi connectivity index (χ3v) is 2.45. The van der Waals surface area contributed by atoms with Crippen LogP contribution >= 0.6 is 0 Å². The average Bonchev–Trinajstić information content (AvgIpc) is 2.15. The largest absolute Gasteiger partial charge is 0.0917 e. The molecule has 0 amide bonds. The number of hydrogen-bond donors (Lipinski definition) is 0. The molecule has 1 rings (SSSR count). The lowest BCUT2D eigenvalue weighted by atomic mass is 9.91. The van der Waals surface area contributed by atoms with Gasteiger partial charge in [0.15, 0.2) is 0 Å². The molecular weight excluding hydrogens is 168 g/mol. The Morgan fingerprint density at radius 2 is 2.00 bits per heavy atom. The summed E-state index contributed by atoms with van der Waals surface area (Å²) in [5.41, 5.74) is 2.52. The molecule has 0 saturated heterocycles. The van der Waals surface area contributed by atoms with E-state index in [4.69, 9.17) is 0 Å². The van der Waals surface area contributed by atoms with Crippen LogP contribution in [0.1, 0.15) is 38.3 Å². The van der Waals surface area contributed by atoms with Gasteiger partial charge in [0.1, 0.15) is 0 Å². The lowest BCUT2D eigenvalue weighted by Gasteiger charge is -2.12. The second-order valence-electron chi connectivity index (χ2n) is 4.36. The van der Waals surface area contributed by atoms with Crippen LogP contribution in [0.15, 0.2) is 24.3 Å². The summed E-state index contributed by atoms with van der Waals surface area (Å²) in [6, 6.07) is 8.33. The van der Waals surface area contributed by atoms with E-state index in [-0.39, 0.29) is 5.41 Å². The van der Waals surface area contributed by atoms with E-state index in [9.17, 15) is 0 Å². The van der Waals surface area contributed by atoms with Crippen molar-refractivity contribution in [3.05, 3.63) is 35.4 Å². The van der Waals surface area contributed by atoms with E-state index in [2.05, 4.69) is 63.8 Å². The molecule has 1 aromatic rings. The summed E-state index contributed by atoms with van der Waals surface area (Å²) >= 11 is 0. The number of benzene rings is 1. The molecule has 0 aliphatic rings. The molecule has 0 N–H and O–H groups in total. The molecule has 74 valence electrons. The fourth-order valence-corrected chi connectivity index (χ4v) is 1.05. The number of aryl methyl sites for hydroxylation is 1. The first-order chi connectivity index (χ1) is 6.53. The monoisotopic (exact) mass is 186 g/mol. The van der Waals surface area contributed by atoms with Crippen molar-refractivity contribution in [3.8, 4) is 11.8 Å². The highest BCUT2D eigenvalue weighted by molar-refractivity contribution is 5.37. The molecule has 1 aromatic carbocycles. The van der Waals surface area contributed by atoms with Crippen LogP contribution in [-0.2, 0) is 0 Å². The minimum Gasteiger partial charge on any atom is -0.0917 e. The second kappa shape index (κ2) is 4.33. The molecule has 14 heavy (non-hydrogen) atoms. The third kappa shape index (κ3) is 3.26. The van der Waals surface area contributed by atoms with Crippen LogP contribution in [0, 0.1) is 24.2 Å². The highest BCUT2D eigenvalue weighted by atomic mass is 14.1. The fraction of sp³-hybridized carbons (Fsp3) is 0.429. The van der Waals surface area contributed by atoms with Crippen LogP contribution in [-0.4, -0.2) is 0 Å². The van der Waals surface area contributed by atoms with Gasteiger partial charge in [-0.05, 0) is 44.9 Å². The van der Waals surface area contributed by atoms with E-state index in [1.54, 1.807) is 0 Å². The van der Waals surface area contributed by atoms with Crippen molar-refractivity contribution in [3.63, 3.8) is 0 Å². The Morgan fingerprint density at radius 1 is 1.29 bits per heavy atom. The maximum Gasteiger partial charge on any atom is 0.0259 e. The van der Waals surface area contributed by atoms with Crippen LogP contribution in [0.5, 0.6) is 0 Å². The molecule has 0 atom stereocenters. The molecule has 0 spiro atoms. The average molecular weight is 186 g/mol. The van der Waals surface area contributed by atoms with E-state index in [1.807, 2.05) is 0 Å². The van der Waals surface area contributed by atoms with Gasteiger partial charge in [-0.2, -0.15) is 0 Å². The summed E-state index contributed by atoms with van der Waals surface area (Å²) in [5.74, 6) is 6.53. The first-order valence-corrected chi connectivity index (χ1v) is 5.13. The molecule has 0 fully saturated rings. The fourth-order valence-electron chi connectivity index (χ4n) is 1.05. The van der Waals surface area contributed by atoms with Gasteiger partial charge in [0.05, 0.1) is 0 Å². The van der Waals surface area contributed by atoms with E-state index in [0.29, 0.717) is 0 Å². The van der Waals surface area contributed by atoms with Crippen LogP contribution < -0.4 is 0 Å². The number of rotatable bonds is 1. The Kier molecular flexibility index (Phi) is 3.36. The van der Waals surface area contributed by atoms with E-state index in [1.165, 1.54) is 5.56 Å². The predicted molar refractivity (Wildman–Crippen MR) is 62.1 cm³/mol. The molecule has 0 bridgehead atoms. The molecule has 0 unspecified atom stereocenters. The SMILES string of the molecule is CCC(C)(C)C#Cc1cccc(C)c1. The van der Waals surface area contributed by atoms with Gasteiger partial charge in [0, 0.05) is 11.0 Å². The van der Waals surface area contributed by atoms with Crippen molar-refractivity contribution in [2.24, 2.45) is 5.41 Å². The second-order valence-corrected chi connectivity index (χ2v) is 4.36. The summed E-state index contributed by atoms with van der Waals surface area (Å²) in [5, 5.41) is 0. The molecule has 0 aliphatic carbocycles. The molecule has 0 aliphatic heterocycles. The smallest absolute Gasteiger partial charge is 0.0259 e. The molecular formula is C14H18. The summed E-state index contributed by atoms with van der Waals surface area (Å²) in [6.45, 7) is 8.62. The van der Waals surface area contributed by atoms with E-state index >= 15 is 0 Å². The minimum atomic E-state index is 0.129. The number of hydrogen-bond acceptors (Lipinski definition) is 0. The van der Waals surface area contributed by atoms with Gasteiger partial charge in [-0.15, -0.1) is 0 Å². The zero-order valence-electron chi connectivity index (χ0n) is 9.52. The minimum absolute atomic E-state index is 0.129. The molecule has 0 heteroatoms. The maximum absolute atomic E-state index is 3.30. The Labute approximate surface area is 87.4 Å². The Morgan fingerprint density at radius 3 is 2.57 bits per heavy atom. The lowest BCUT2D eigenvalue weighted by Crippen LogP contribution is -2.04. The molecule has 0 saturated carbocycles. The Hall–Kier alpha value is -1.22. The molecule has 0 heterocycles. The summed E-state index contributed by atoms with van der Waals surface area (Å²) < 4.78 is 0. The van der Waals surface area contributed by atoms with Gasteiger partial charge in [-0.1, -0.05) is 30.9 Å². The van der Waals surface area contributed by atoms with Crippen molar-refractivity contribution in [1.29, 1.82) is 0 Å². The standard InChI is InChI=1S/C14H18/c1-5-14(3,4)10-9-13-8-6-7-12(2)11-13/h6-8,11H,5H2,1-4H3. The third-order valence-electron chi connectivity index (χ3n) is 2.45. The van der Waals surface area contributed by atoms with Crippen molar-refractivity contribution >= 4 is 0 Å².